The van der Waals surface area contributed by atoms with Gasteiger partial charge >= 0.3 is 0 Å². The predicted molar refractivity (Wildman–Crippen MR) is 259 cm³/mol. The molecule has 0 atom stereocenters. The van der Waals surface area contributed by atoms with Gasteiger partial charge in [0.2, 0.25) is 0 Å². The summed E-state index contributed by atoms with van der Waals surface area (Å²) < 4.78 is 2.61. The lowest BCUT2D eigenvalue weighted by Crippen LogP contribution is -2.28. The second kappa shape index (κ2) is 14.8. The Labute approximate surface area is 365 Å². The van der Waals surface area contributed by atoms with E-state index in [1.54, 1.807) is 0 Å². The normalized spacial score (nSPS) is 12.6. The first kappa shape index (κ1) is 36.2. The molecule has 0 saturated carbocycles. The van der Waals surface area contributed by atoms with Gasteiger partial charge in [0.15, 0.2) is 5.82 Å². The molecule has 12 rings (SSSR count). The number of hydrogen-bond acceptors (Lipinski definition) is 3. The topological polar surface area (TPSA) is 25.8 Å². The molecule has 2 aromatic heterocycles. The summed E-state index contributed by atoms with van der Waals surface area (Å²) in [5.74, 6) is 0.702. The average Bonchev–Trinajstić information content (AvgIpc) is 3.89. The lowest BCUT2D eigenvalue weighted by atomic mass is 9.67. The van der Waals surface area contributed by atoms with E-state index >= 15 is 0 Å². The van der Waals surface area contributed by atoms with Crippen LogP contribution in [-0.2, 0) is 5.41 Å². The molecule has 0 unspecified atom stereocenters. The maximum atomic E-state index is 5.22. The Bertz CT molecular complexity index is 3410. The van der Waals surface area contributed by atoms with Gasteiger partial charge in [-0.3, -0.25) is 0 Å². The second-order valence-corrected chi connectivity index (χ2v) is 17.1. The Balaban J connectivity index is 0.950. The maximum Gasteiger partial charge on any atom is 0.160 e. The minimum absolute atomic E-state index is 0.429. The van der Waals surface area contributed by atoms with E-state index in [1.807, 2.05) is 29.5 Å². The molecule has 0 fully saturated rings. The van der Waals surface area contributed by atoms with Gasteiger partial charge in [0.05, 0.1) is 16.8 Å². The zero-order valence-corrected chi connectivity index (χ0v) is 34.6. The lowest BCUT2D eigenvalue weighted by molar-refractivity contribution is 0.768. The zero-order chi connectivity index (χ0) is 41.0. The molecule has 0 radical (unpaired) electrons. The first-order valence-corrected chi connectivity index (χ1v) is 22.0. The molecule has 1 aliphatic carbocycles. The maximum absolute atomic E-state index is 5.22. The van der Waals surface area contributed by atoms with Crippen LogP contribution in [0.15, 0.2) is 231 Å². The molecule has 0 saturated heterocycles. The van der Waals surface area contributed by atoms with Gasteiger partial charge in [0, 0.05) is 36.9 Å². The molecule has 1 aliphatic rings. The van der Waals surface area contributed by atoms with E-state index in [0.717, 1.165) is 39.2 Å². The number of thiophene rings is 1. The first-order chi connectivity index (χ1) is 30.7. The van der Waals surface area contributed by atoms with Crippen LogP contribution >= 0.6 is 11.3 Å². The van der Waals surface area contributed by atoms with Gasteiger partial charge in [-0.15, -0.1) is 11.3 Å². The quantitative estimate of drug-likeness (QED) is 0.160. The third kappa shape index (κ3) is 5.85. The monoisotopic (exact) mass is 806 g/mol. The fraction of sp³-hybridized carbons (Fsp3) is 0.0169. The van der Waals surface area contributed by atoms with Crippen molar-refractivity contribution in [3.8, 4) is 67.3 Å². The third-order valence-corrected chi connectivity index (χ3v) is 13.8. The number of nitrogens with zero attached hydrogens (tertiary/aromatic N) is 2. The van der Waals surface area contributed by atoms with Gasteiger partial charge in [0.1, 0.15) is 0 Å². The summed E-state index contributed by atoms with van der Waals surface area (Å²) in [4.78, 5) is 10.4. The van der Waals surface area contributed by atoms with Gasteiger partial charge < -0.3 is 0 Å². The highest BCUT2D eigenvalue weighted by molar-refractivity contribution is 7.26. The minimum Gasteiger partial charge on any atom is -0.228 e. The van der Waals surface area contributed by atoms with Crippen LogP contribution in [0.1, 0.15) is 22.3 Å². The molecule has 0 amide bonds. The van der Waals surface area contributed by atoms with E-state index in [4.69, 9.17) is 9.97 Å². The molecule has 3 heteroatoms. The van der Waals surface area contributed by atoms with Crippen molar-refractivity contribution >= 4 is 31.5 Å². The lowest BCUT2D eigenvalue weighted by Gasteiger charge is -2.34. The number of hydrogen-bond donors (Lipinski definition) is 0. The van der Waals surface area contributed by atoms with Crippen LogP contribution in [0.4, 0.5) is 0 Å². The molecule has 9 aromatic carbocycles. The van der Waals surface area contributed by atoms with Crippen LogP contribution in [0.25, 0.3) is 87.5 Å². The highest BCUT2D eigenvalue weighted by Crippen LogP contribution is 2.56. The van der Waals surface area contributed by atoms with E-state index in [2.05, 4.69) is 212 Å². The summed E-state index contributed by atoms with van der Waals surface area (Å²) in [5, 5.41) is 2.60. The molecule has 290 valence electrons. The SMILES string of the molecule is c1ccc(-c2nc(-c3cccc(-c4ccc(C5(c6ccccc6)c6ccccc6-c6ccccc65)cc4)c3)cc(-c3cccc(-c4cccc5c4sc4ccccc45)c3)n2)cc1. The zero-order valence-electron chi connectivity index (χ0n) is 33.7. The molecule has 2 nitrogen and oxygen atoms in total. The minimum atomic E-state index is -0.429. The van der Waals surface area contributed by atoms with Crippen molar-refractivity contribution in [2.75, 3.05) is 0 Å². The van der Waals surface area contributed by atoms with Crippen LogP contribution in [0.5, 0.6) is 0 Å². The molecular weight excluding hydrogens is 769 g/mol. The molecular formula is C59H38N2S. The van der Waals surface area contributed by atoms with Crippen LogP contribution in [-0.4, -0.2) is 9.97 Å². The highest BCUT2D eigenvalue weighted by Gasteiger charge is 2.45. The molecule has 0 aliphatic heterocycles. The Hall–Kier alpha value is -7.72. The van der Waals surface area contributed by atoms with Gasteiger partial charge in [-0.2, -0.15) is 0 Å². The Morgan fingerprint density at radius 3 is 1.53 bits per heavy atom. The summed E-state index contributed by atoms with van der Waals surface area (Å²) in [5.41, 5.74) is 16.8. The van der Waals surface area contributed by atoms with Crippen molar-refractivity contribution in [3.63, 3.8) is 0 Å². The standard InChI is InChI=1S/C59H38N2S/c1-3-16-40(17-4-1)58-60-54(38-55(61-58)44-21-14-19-42(37-44)47-27-15-28-51-50-26-9-12-31-56(50)62-57(47)51)43-20-13-18-41(36-43)39-32-34-46(35-33-39)59(45-22-5-2-6-23-45)52-29-10-7-24-48(52)49-25-8-11-30-53(49)59/h1-38H. The van der Waals surface area contributed by atoms with Crippen LogP contribution in [0, 0.1) is 0 Å². The fourth-order valence-corrected chi connectivity index (χ4v) is 11.0. The van der Waals surface area contributed by atoms with Gasteiger partial charge in [0.25, 0.3) is 0 Å². The Kier molecular flexibility index (Phi) is 8.62. The van der Waals surface area contributed by atoms with Crippen LogP contribution < -0.4 is 0 Å². The molecule has 2 heterocycles. The first-order valence-electron chi connectivity index (χ1n) is 21.1. The molecule has 0 N–H and O–H groups in total. The van der Waals surface area contributed by atoms with Gasteiger partial charge in [-0.1, -0.05) is 206 Å². The Morgan fingerprint density at radius 1 is 0.323 bits per heavy atom. The van der Waals surface area contributed by atoms with Crippen molar-refractivity contribution in [1.82, 2.24) is 9.97 Å². The second-order valence-electron chi connectivity index (χ2n) is 16.1. The Morgan fingerprint density at radius 2 is 0.823 bits per heavy atom. The largest absolute Gasteiger partial charge is 0.228 e. The smallest absolute Gasteiger partial charge is 0.160 e. The van der Waals surface area contributed by atoms with Crippen molar-refractivity contribution in [1.29, 1.82) is 0 Å². The predicted octanol–water partition coefficient (Wildman–Crippen LogP) is 15.5. The molecule has 11 aromatic rings. The van der Waals surface area contributed by atoms with Crippen molar-refractivity contribution in [2.45, 2.75) is 5.41 Å². The van der Waals surface area contributed by atoms with E-state index in [9.17, 15) is 0 Å². The number of rotatable bonds is 7. The summed E-state index contributed by atoms with van der Waals surface area (Å²) in [6, 6.07) is 83.4. The molecule has 0 bridgehead atoms. The summed E-state index contributed by atoms with van der Waals surface area (Å²) in [6.45, 7) is 0. The van der Waals surface area contributed by atoms with E-state index < -0.39 is 5.41 Å². The third-order valence-electron chi connectivity index (χ3n) is 12.6. The van der Waals surface area contributed by atoms with Crippen LogP contribution in [0.3, 0.4) is 0 Å². The van der Waals surface area contributed by atoms with Crippen molar-refractivity contribution in [3.05, 3.63) is 253 Å². The summed E-state index contributed by atoms with van der Waals surface area (Å²) >= 11 is 1.86. The van der Waals surface area contributed by atoms with Crippen molar-refractivity contribution < 1.29 is 0 Å². The average molecular weight is 807 g/mol. The van der Waals surface area contributed by atoms with E-state index in [-0.39, 0.29) is 0 Å². The van der Waals surface area contributed by atoms with Crippen LogP contribution in [0.2, 0.25) is 0 Å². The van der Waals surface area contributed by atoms with Gasteiger partial charge in [-0.25, -0.2) is 9.97 Å². The molecule has 0 spiro atoms. The fourth-order valence-electron chi connectivity index (χ4n) is 9.76. The number of fused-ring (bicyclic) bond motifs is 6. The van der Waals surface area contributed by atoms with E-state index in [0.29, 0.717) is 5.82 Å². The van der Waals surface area contributed by atoms with Gasteiger partial charge in [-0.05, 0) is 79.9 Å². The van der Waals surface area contributed by atoms with E-state index in [1.165, 1.54) is 64.7 Å². The molecule has 62 heavy (non-hydrogen) atoms. The summed E-state index contributed by atoms with van der Waals surface area (Å²) in [6.07, 6.45) is 0. The highest BCUT2D eigenvalue weighted by atomic mass is 32.1. The van der Waals surface area contributed by atoms with Crippen molar-refractivity contribution in [2.24, 2.45) is 0 Å². The number of aromatic nitrogens is 2. The number of benzene rings is 9. The summed E-state index contributed by atoms with van der Waals surface area (Å²) in [7, 11) is 0.